The fourth-order valence-electron chi connectivity index (χ4n) is 2.91. The van der Waals surface area contributed by atoms with E-state index in [2.05, 4.69) is 4.98 Å². The molecule has 2 aromatic rings. The quantitative estimate of drug-likeness (QED) is 0.447. The Kier molecular flexibility index (Phi) is 4.63. The molecule has 1 fully saturated rings. The lowest BCUT2D eigenvalue weighted by Crippen LogP contribution is -2.34. The van der Waals surface area contributed by atoms with Gasteiger partial charge in [-0.25, -0.2) is 9.37 Å². The number of nitro groups is 1. The van der Waals surface area contributed by atoms with Gasteiger partial charge in [0.05, 0.1) is 16.0 Å². The smallest absolute Gasteiger partial charge is 0.365 e. The molecule has 1 saturated heterocycles. The van der Waals surface area contributed by atoms with Crippen LogP contribution in [0.25, 0.3) is 0 Å². The van der Waals surface area contributed by atoms with Gasteiger partial charge < -0.3 is 4.90 Å². The second-order valence-corrected chi connectivity index (χ2v) is 6.63. The predicted molar refractivity (Wildman–Crippen MR) is 84.4 cm³/mol. The molecule has 1 unspecified atom stereocenters. The Hall–Kier alpha value is -2.23. The minimum atomic E-state index is -4.49. The predicted octanol–water partition coefficient (Wildman–Crippen LogP) is 4.59. The largest absolute Gasteiger partial charge is 0.434 e. The molecule has 10 heteroatoms. The summed E-state index contributed by atoms with van der Waals surface area (Å²) in [5, 5.41) is 12.5. The van der Waals surface area contributed by atoms with Crippen LogP contribution in [-0.4, -0.2) is 23.0 Å². The molecule has 1 aliphatic rings. The van der Waals surface area contributed by atoms with E-state index in [4.69, 9.17) is 0 Å². The van der Waals surface area contributed by atoms with Crippen molar-refractivity contribution in [2.75, 3.05) is 18.0 Å². The Bertz CT molecular complexity index is 793. The Morgan fingerprint density at radius 3 is 2.76 bits per heavy atom. The monoisotopic (exact) mass is 375 g/mol. The van der Waals surface area contributed by atoms with Crippen molar-refractivity contribution >= 4 is 22.7 Å². The Morgan fingerprint density at radius 2 is 2.12 bits per heavy atom. The number of nitrogens with zero attached hydrogens (tertiary/aromatic N) is 3. The molecule has 1 aromatic heterocycles. The Morgan fingerprint density at radius 1 is 1.36 bits per heavy atom. The van der Waals surface area contributed by atoms with Crippen LogP contribution in [0.2, 0.25) is 0 Å². The molecule has 0 saturated carbocycles. The number of alkyl halides is 3. The van der Waals surface area contributed by atoms with Gasteiger partial charge in [0, 0.05) is 24.4 Å². The van der Waals surface area contributed by atoms with Gasteiger partial charge in [-0.15, -0.1) is 11.3 Å². The summed E-state index contributed by atoms with van der Waals surface area (Å²) >= 11 is 0.941. The number of thiazole rings is 1. The number of anilines is 1. The second-order valence-electron chi connectivity index (χ2n) is 5.74. The normalized spacial score (nSPS) is 18.4. The molecule has 2 heterocycles. The van der Waals surface area contributed by atoms with Crippen LogP contribution in [0, 0.1) is 15.9 Å². The molecule has 0 aliphatic carbocycles. The first-order valence-corrected chi connectivity index (χ1v) is 8.35. The summed E-state index contributed by atoms with van der Waals surface area (Å²) in [6.45, 7) is 0.817. The van der Waals surface area contributed by atoms with Crippen LogP contribution in [0.3, 0.4) is 0 Å². The summed E-state index contributed by atoms with van der Waals surface area (Å²) in [5.41, 5.74) is -1.00. The van der Waals surface area contributed by atoms with Gasteiger partial charge in [-0.1, -0.05) is 0 Å². The maximum atomic E-state index is 13.3. The van der Waals surface area contributed by atoms with E-state index in [1.54, 1.807) is 4.90 Å². The van der Waals surface area contributed by atoms with Gasteiger partial charge >= 0.3 is 6.18 Å². The zero-order valence-corrected chi connectivity index (χ0v) is 13.6. The number of hydrogen-bond donors (Lipinski definition) is 0. The summed E-state index contributed by atoms with van der Waals surface area (Å²) in [6.07, 6.45) is -3.19. The van der Waals surface area contributed by atoms with E-state index >= 15 is 0 Å². The van der Waals surface area contributed by atoms with Crippen molar-refractivity contribution in [2.24, 2.45) is 0 Å². The van der Waals surface area contributed by atoms with Gasteiger partial charge in [-0.3, -0.25) is 10.1 Å². The SMILES string of the molecule is O=[N+]([O-])c1cc(F)ccc1N1CCCC(c2nc(C(F)(F)F)cs2)C1. The van der Waals surface area contributed by atoms with Crippen molar-refractivity contribution in [3.63, 3.8) is 0 Å². The molecule has 0 amide bonds. The lowest BCUT2D eigenvalue weighted by atomic mass is 9.98. The van der Waals surface area contributed by atoms with Gasteiger partial charge in [0.2, 0.25) is 0 Å². The number of rotatable bonds is 3. The van der Waals surface area contributed by atoms with Crippen molar-refractivity contribution in [2.45, 2.75) is 24.9 Å². The number of benzene rings is 1. The van der Waals surface area contributed by atoms with E-state index in [-0.39, 0.29) is 17.3 Å². The average Bonchev–Trinajstić information content (AvgIpc) is 3.05. The van der Waals surface area contributed by atoms with Crippen molar-refractivity contribution in [3.05, 3.63) is 50.2 Å². The molecule has 0 bridgehead atoms. The minimum Gasteiger partial charge on any atom is -0.365 e. The highest BCUT2D eigenvalue weighted by Crippen LogP contribution is 2.38. The summed E-state index contributed by atoms with van der Waals surface area (Å²) in [7, 11) is 0. The van der Waals surface area contributed by atoms with E-state index in [1.165, 1.54) is 6.07 Å². The van der Waals surface area contributed by atoms with Gasteiger partial charge in [0.25, 0.3) is 5.69 Å². The van der Waals surface area contributed by atoms with E-state index in [1.807, 2.05) is 0 Å². The molecule has 5 nitrogen and oxygen atoms in total. The van der Waals surface area contributed by atoms with Crippen LogP contribution in [0.5, 0.6) is 0 Å². The van der Waals surface area contributed by atoms with Crippen molar-refractivity contribution in [1.82, 2.24) is 4.98 Å². The van der Waals surface area contributed by atoms with Gasteiger partial charge in [-0.2, -0.15) is 13.2 Å². The number of nitro benzene ring substituents is 1. The summed E-state index contributed by atoms with van der Waals surface area (Å²) in [4.78, 5) is 15.9. The van der Waals surface area contributed by atoms with Gasteiger partial charge in [-0.05, 0) is 25.0 Å². The average molecular weight is 375 g/mol. The lowest BCUT2D eigenvalue weighted by Gasteiger charge is -2.33. The molecular formula is C15H13F4N3O2S. The topological polar surface area (TPSA) is 59.3 Å². The highest BCUT2D eigenvalue weighted by molar-refractivity contribution is 7.09. The molecule has 3 rings (SSSR count). The van der Waals surface area contributed by atoms with Crippen molar-refractivity contribution < 1.29 is 22.5 Å². The first kappa shape index (κ1) is 17.6. The summed E-state index contributed by atoms with van der Waals surface area (Å²) in [6, 6.07) is 3.32. The molecule has 0 N–H and O–H groups in total. The first-order valence-electron chi connectivity index (χ1n) is 7.47. The van der Waals surface area contributed by atoms with Crippen molar-refractivity contribution in [3.8, 4) is 0 Å². The van der Waals surface area contributed by atoms with Crippen molar-refractivity contribution in [1.29, 1.82) is 0 Å². The minimum absolute atomic E-state index is 0.250. The highest BCUT2D eigenvalue weighted by atomic mass is 32.1. The van der Waals surface area contributed by atoms with Crippen LogP contribution in [0.15, 0.2) is 23.6 Å². The fraction of sp³-hybridized carbons (Fsp3) is 0.400. The summed E-state index contributed by atoms with van der Waals surface area (Å²) < 4.78 is 51.4. The van der Waals surface area contributed by atoms with E-state index in [9.17, 15) is 27.7 Å². The number of aromatic nitrogens is 1. The van der Waals surface area contributed by atoms with E-state index in [0.29, 0.717) is 30.9 Å². The number of hydrogen-bond acceptors (Lipinski definition) is 5. The molecule has 0 spiro atoms. The molecule has 1 aromatic carbocycles. The zero-order chi connectivity index (χ0) is 18.2. The standard InChI is InChI=1S/C15H13F4N3O2S/c16-10-3-4-11(12(6-10)22(23)24)21-5-1-2-9(7-21)14-20-13(8-25-14)15(17,18)19/h3-4,6,8-9H,1-2,5,7H2. The zero-order valence-electron chi connectivity index (χ0n) is 12.8. The maximum Gasteiger partial charge on any atom is 0.434 e. The third-order valence-corrected chi connectivity index (χ3v) is 5.07. The molecule has 0 radical (unpaired) electrons. The second kappa shape index (κ2) is 6.58. The molecular weight excluding hydrogens is 362 g/mol. The Balaban J connectivity index is 1.85. The van der Waals surface area contributed by atoms with Crippen LogP contribution in [0.1, 0.15) is 29.5 Å². The third-order valence-electron chi connectivity index (χ3n) is 4.06. The van der Waals surface area contributed by atoms with Gasteiger partial charge in [0.15, 0.2) is 5.69 Å². The van der Waals surface area contributed by atoms with Crippen LogP contribution < -0.4 is 4.90 Å². The molecule has 25 heavy (non-hydrogen) atoms. The van der Waals surface area contributed by atoms with Crippen LogP contribution in [0.4, 0.5) is 28.9 Å². The van der Waals surface area contributed by atoms with Crippen LogP contribution >= 0.6 is 11.3 Å². The number of piperidine rings is 1. The molecule has 1 aliphatic heterocycles. The maximum absolute atomic E-state index is 13.3. The molecule has 134 valence electrons. The highest BCUT2D eigenvalue weighted by Gasteiger charge is 2.35. The third kappa shape index (κ3) is 3.73. The Labute approximate surface area is 144 Å². The van der Waals surface area contributed by atoms with Gasteiger partial charge in [0.1, 0.15) is 11.5 Å². The number of halogens is 4. The van der Waals surface area contributed by atoms with Crippen LogP contribution in [-0.2, 0) is 6.18 Å². The van der Waals surface area contributed by atoms with E-state index in [0.717, 1.165) is 28.8 Å². The summed E-state index contributed by atoms with van der Waals surface area (Å²) in [5.74, 6) is -0.960. The first-order chi connectivity index (χ1) is 11.8. The lowest BCUT2D eigenvalue weighted by molar-refractivity contribution is -0.384. The van der Waals surface area contributed by atoms with E-state index < -0.39 is 22.6 Å². The fourth-order valence-corrected chi connectivity index (χ4v) is 3.87. The molecule has 1 atom stereocenters.